The highest BCUT2D eigenvalue weighted by Gasteiger charge is 2.14. The van der Waals surface area contributed by atoms with E-state index in [2.05, 4.69) is 31.5 Å². The van der Waals surface area contributed by atoms with Crippen molar-refractivity contribution in [2.24, 2.45) is 0 Å². The Hall–Kier alpha value is -1.30. The summed E-state index contributed by atoms with van der Waals surface area (Å²) in [4.78, 5) is 16.4. The quantitative estimate of drug-likeness (QED) is 0.834. The molecule has 0 aliphatic heterocycles. The van der Waals surface area contributed by atoms with Crippen LogP contribution in [0.1, 0.15) is 10.5 Å². The fourth-order valence-electron chi connectivity index (χ4n) is 1.52. The number of nitrogens with one attached hydrogen (secondary N) is 2. The Morgan fingerprint density at radius 2 is 2.00 bits per heavy atom. The van der Waals surface area contributed by atoms with Gasteiger partial charge in [-0.2, -0.15) is 0 Å². The number of rotatable bonds is 3. The minimum atomic E-state index is -0.407. The summed E-state index contributed by atoms with van der Waals surface area (Å²) < 4.78 is 0.719. The van der Waals surface area contributed by atoms with E-state index in [1.165, 1.54) is 0 Å². The average molecular weight is 375 g/mol. The van der Waals surface area contributed by atoms with Gasteiger partial charge in [-0.15, -0.1) is 0 Å². The van der Waals surface area contributed by atoms with Crippen LogP contribution >= 0.6 is 39.1 Å². The van der Waals surface area contributed by atoms with Gasteiger partial charge in [0.1, 0.15) is 11.5 Å². The fraction of sp³-hybridized carbons (Fsp3) is 0.0769. The highest BCUT2D eigenvalue weighted by atomic mass is 79.9. The van der Waals surface area contributed by atoms with Crippen LogP contribution in [0.3, 0.4) is 0 Å². The summed E-state index contributed by atoms with van der Waals surface area (Å²) in [5.74, 6) is 0.153. The number of pyridine rings is 1. The van der Waals surface area contributed by atoms with Gasteiger partial charge in [0.2, 0.25) is 0 Å². The Balaban J connectivity index is 2.30. The molecule has 20 heavy (non-hydrogen) atoms. The zero-order valence-electron chi connectivity index (χ0n) is 10.4. The maximum atomic E-state index is 12.2. The molecule has 0 fully saturated rings. The normalized spacial score (nSPS) is 10.2. The molecule has 1 amide bonds. The topological polar surface area (TPSA) is 54.0 Å². The summed E-state index contributed by atoms with van der Waals surface area (Å²) in [5.41, 5.74) is 0.695. The molecular weight excluding hydrogens is 365 g/mol. The summed E-state index contributed by atoms with van der Waals surface area (Å²) in [6, 6.07) is 8.40. The zero-order chi connectivity index (χ0) is 14.7. The lowest BCUT2D eigenvalue weighted by atomic mass is 10.3. The van der Waals surface area contributed by atoms with Crippen LogP contribution in [0.15, 0.2) is 34.8 Å². The third-order valence-corrected chi connectivity index (χ3v) is 3.73. The summed E-state index contributed by atoms with van der Waals surface area (Å²) in [7, 11) is 1.71. The van der Waals surface area contributed by atoms with Crippen molar-refractivity contribution in [3.05, 3.63) is 50.5 Å². The standard InChI is InChI=1S/C13H10BrCl2N3O/c1-17-11-5-4-9(16)12(19-11)13(20)18-10-6-7(15)2-3-8(10)14/h2-6H,1H3,(H,17,19)(H,18,20). The van der Waals surface area contributed by atoms with Gasteiger partial charge in [0.25, 0.3) is 5.91 Å². The SMILES string of the molecule is CNc1ccc(Cl)c(C(=O)Nc2cc(Cl)ccc2Br)n1. The molecule has 0 unspecified atom stereocenters. The van der Waals surface area contributed by atoms with Gasteiger partial charge >= 0.3 is 0 Å². The first-order valence-electron chi connectivity index (χ1n) is 5.62. The molecule has 0 bridgehead atoms. The van der Waals surface area contributed by atoms with Crippen molar-refractivity contribution in [2.75, 3.05) is 17.7 Å². The van der Waals surface area contributed by atoms with Gasteiger partial charge in [-0.3, -0.25) is 4.79 Å². The lowest BCUT2D eigenvalue weighted by Gasteiger charge is -2.09. The Morgan fingerprint density at radius 1 is 1.25 bits per heavy atom. The summed E-state index contributed by atoms with van der Waals surface area (Å²) in [6.07, 6.45) is 0. The van der Waals surface area contributed by atoms with Crippen LogP contribution in [0, 0.1) is 0 Å². The Kier molecular flexibility index (Phi) is 4.86. The molecule has 7 heteroatoms. The van der Waals surface area contributed by atoms with Crippen LogP contribution < -0.4 is 10.6 Å². The number of hydrogen-bond donors (Lipinski definition) is 2. The van der Waals surface area contributed by atoms with Gasteiger partial charge in [0.15, 0.2) is 0 Å². The van der Waals surface area contributed by atoms with Gasteiger partial charge < -0.3 is 10.6 Å². The molecule has 0 radical (unpaired) electrons. The number of nitrogens with zero attached hydrogens (tertiary/aromatic N) is 1. The number of benzene rings is 1. The van der Waals surface area contributed by atoms with Gasteiger partial charge in [-0.05, 0) is 46.3 Å². The number of aromatic nitrogens is 1. The predicted octanol–water partition coefficient (Wildman–Crippen LogP) is 4.44. The van der Waals surface area contributed by atoms with Crippen molar-refractivity contribution in [1.82, 2.24) is 4.98 Å². The van der Waals surface area contributed by atoms with Crippen molar-refractivity contribution >= 4 is 56.5 Å². The van der Waals surface area contributed by atoms with E-state index in [1.54, 1.807) is 37.4 Å². The molecule has 0 saturated heterocycles. The van der Waals surface area contributed by atoms with Gasteiger partial charge in [-0.25, -0.2) is 4.98 Å². The number of hydrogen-bond acceptors (Lipinski definition) is 3. The Labute approximate surface area is 134 Å². The smallest absolute Gasteiger partial charge is 0.275 e. The number of carbonyl (C=O) groups excluding carboxylic acids is 1. The molecule has 4 nitrogen and oxygen atoms in total. The Morgan fingerprint density at radius 3 is 2.70 bits per heavy atom. The molecule has 0 aliphatic carbocycles. The van der Waals surface area contributed by atoms with E-state index in [9.17, 15) is 4.79 Å². The summed E-state index contributed by atoms with van der Waals surface area (Å²) >= 11 is 15.2. The van der Waals surface area contributed by atoms with Crippen LogP contribution in [-0.4, -0.2) is 17.9 Å². The molecule has 0 spiro atoms. The van der Waals surface area contributed by atoms with Gasteiger partial charge in [-0.1, -0.05) is 23.2 Å². The molecule has 2 N–H and O–H groups in total. The molecule has 1 aromatic carbocycles. The molecule has 1 aromatic heterocycles. The van der Waals surface area contributed by atoms with Crippen molar-refractivity contribution in [3.63, 3.8) is 0 Å². The van der Waals surface area contributed by atoms with Gasteiger partial charge in [0, 0.05) is 16.5 Å². The second kappa shape index (κ2) is 6.43. The number of halogens is 3. The van der Waals surface area contributed by atoms with Crippen LogP contribution in [-0.2, 0) is 0 Å². The fourth-order valence-corrected chi connectivity index (χ4v) is 2.22. The second-order valence-corrected chi connectivity index (χ2v) is 5.55. The summed E-state index contributed by atoms with van der Waals surface area (Å²) in [5, 5.41) is 6.37. The third-order valence-electron chi connectivity index (χ3n) is 2.49. The van der Waals surface area contributed by atoms with E-state index in [0.29, 0.717) is 16.5 Å². The molecule has 104 valence electrons. The van der Waals surface area contributed by atoms with Crippen LogP contribution in [0.2, 0.25) is 10.0 Å². The highest BCUT2D eigenvalue weighted by molar-refractivity contribution is 9.10. The number of carbonyl (C=O) groups is 1. The monoisotopic (exact) mass is 373 g/mol. The first-order valence-corrected chi connectivity index (χ1v) is 7.17. The average Bonchev–Trinajstić information content (AvgIpc) is 2.43. The molecule has 1 heterocycles. The van der Waals surface area contributed by atoms with E-state index < -0.39 is 5.91 Å². The lowest BCUT2D eigenvalue weighted by Crippen LogP contribution is -2.15. The minimum absolute atomic E-state index is 0.144. The lowest BCUT2D eigenvalue weighted by molar-refractivity contribution is 0.102. The zero-order valence-corrected chi connectivity index (χ0v) is 13.5. The van der Waals surface area contributed by atoms with Crippen molar-refractivity contribution in [1.29, 1.82) is 0 Å². The maximum Gasteiger partial charge on any atom is 0.275 e. The van der Waals surface area contributed by atoms with E-state index in [1.807, 2.05) is 0 Å². The predicted molar refractivity (Wildman–Crippen MR) is 85.9 cm³/mol. The minimum Gasteiger partial charge on any atom is -0.373 e. The van der Waals surface area contributed by atoms with Crippen molar-refractivity contribution < 1.29 is 4.79 Å². The first-order chi connectivity index (χ1) is 9.51. The Bertz CT molecular complexity index is 664. The molecular formula is C13H10BrCl2N3O. The molecule has 0 atom stereocenters. The highest BCUT2D eigenvalue weighted by Crippen LogP contribution is 2.27. The van der Waals surface area contributed by atoms with E-state index in [4.69, 9.17) is 23.2 Å². The van der Waals surface area contributed by atoms with Crippen LogP contribution in [0.4, 0.5) is 11.5 Å². The largest absolute Gasteiger partial charge is 0.373 e. The second-order valence-electron chi connectivity index (χ2n) is 3.86. The first kappa shape index (κ1) is 15.1. The maximum absolute atomic E-state index is 12.2. The van der Waals surface area contributed by atoms with E-state index in [0.717, 1.165) is 4.47 Å². The van der Waals surface area contributed by atoms with Crippen molar-refractivity contribution in [3.8, 4) is 0 Å². The third kappa shape index (κ3) is 3.42. The number of anilines is 2. The van der Waals surface area contributed by atoms with E-state index >= 15 is 0 Å². The molecule has 0 saturated carbocycles. The van der Waals surface area contributed by atoms with Crippen LogP contribution in [0.25, 0.3) is 0 Å². The van der Waals surface area contributed by atoms with Crippen LogP contribution in [0.5, 0.6) is 0 Å². The summed E-state index contributed by atoms with van der Waals surface area (Å²) in [6.45, 7) is 0. The van der Waals surface area contributed by atoms with Gasteiger partial charge in [0.05, 0.1) is 10.7 Å². The molecule has 2 rings (SSSR count). The van der Waals surface area contributed by atoms with Crippen molar-refractivity contribution in [2.45, 2.75) is 0 Å². The molecule has 2 aromatic rings. The van der Waals surface area contributed by atoms with E-state index in [-0.39, 0.29) is 10.7 Å². The molecule has 0 aliphatic rings. The number of amides is 1.